The van der Waals surface area contributed by atoms with Crippen LogP contribution in [0.25, 0.3) is 0 Å². The highest BCUT2D eigenvalue weighted by Gasteiger charge is 2.31. The zero-order valence-electron chi connectivity index (χ0n) is 25.7. The lowest BCUT2D eigenvalue weighted by atomic mass is 10.0. The minimum Gasteiger partial charge on any atom is -0.508 e. The largest absolute Gasteiger partial charge is 0.508 e. The summed E-state index contributed by atoms with van der Waals surface area (Å²) in [6.07, 6.45) is 2.15. The summed E-state index contributed by atoms with van der Waals surface area (Å²) in [5.41, 5.74) is 2.56. The first-order valence-corrected chi connectivity index (χ1v) is 15.0. The molecule has 0 unspecified atom stereocenters. The van der Waals surface area contributed by atoms with Crippen LogP contribution in [0.15, 0.2) is 91.4 Å². The number of amides is 3. The molecule has 13 heteroatoms. The molecule has 4 aromatic rings. The number of alkyl carbamates (subject to hydrolysis) is 1. The molecule has 1 aromatic heterocycles. The maximum atomic E-state index is 13.8. The number of ether oxygens (including phenoxy) is 2. The Morgan fingerprint density at radius 3 is 1.81 bits per heavy atom. The van der Waals surface area contributed by atoms with E-state index in [4.69, 9.17) is 9.47 Å². The van der Waals surface area contributed by atoms with E-state index < -0.39 is 42.0 Å². The van der Waals surface area contributed by atoms with Crippen LogP contribution in [0, 0.1) is 0 Å². The number of nitrogens with zero attached hydrogens (tertiary/aromatic N) is 1. The number of aromatic hydroxyl groups is 2. The van der Waals surface area contributed by atoms with Gasteiger partial charge in [-0.25, -0.2) is 14.6 Å². The Morgan fingerprint density at radius 1 is 0.702 bits per heavy atom. The van der Waals surface area contributed by atoms with Crippen molar-refractivity contribution in [2.75, 3.05) is 6.61 Å². The first kappa shape index (κ1) is 34.0. The van der Waals surface area contributed by atoms with E-state index in [-0.39, 0.29) is 44.0 Å². The number of nitrogens with one attached hydrogen (secondary N) is 4. The van der Waals surface area contributed by atoms with Crippen molar-refractivity contribution >= 4 is 23.9 Å². The average Bonchev–Trinajstić information content (AvgIpc) is 3.58. The smallest absolute Gasteiger partial charge is 0.408 e. The molecule has 0 spiro atoms. The van der Waals surface area contributed by atoms with Crippen molar-refractivity contribution in [3.8, 4) is 11.5 Å². The molecular formula is C34H37N5O8. The average molecular weight is 644 g/mol. The minimum atomic E-state index is -1.21. The van der Waals surface area contributed by atoms with Crippen molar-refractivity contribution in [3.05, 3.63) is 114 Å². The summed E-state index contributed by atoms with van der Waals surface area (Å²) in [6, 6.07) is 17.8. The Kier molecular flexibility index (Phi) is 12.3. The Bertz CT molecular complexity index is 1600. The fourth-order valence-corrected chi connectivity index (χ4v) is 4.66. The van der Waals surface area contributed by atoms with Crippen LogP contribution in [0.5, 0.6) is 11.5 Å². The molecule has 6 N–H and O–H groups in total. The maximum Gasteiger partial charge on any atom is 0.408 e. The molecule has 3 atom stereocenters. The van der Waals surface area contributed by atoms with Gasteiger partial charge in [0.05, 0.1) is 12.9 Å². The highest BCUT2D eigenvalue weighted by molar-refractivity contribution is 5.93. The molecule has 0 saturated carbocycles. The standard InChI is InChI=1S/C34H37N5O8/c1-2-46-33(44)30(17-23-10-14-27(41)15-11-23)38-31(42)28(16-22-8-12-26(40)13-9-22)37-32(43)29(18-25-19-35-21-36-25)39-34(45)47-20-24-6-4-3-5-7-24/h3-15,19,21,28-30,40-41H,2,16-18,20H2,1H3,(H,35,36)(H,37,43)(H,38,42)(H,39,45)/t28-,29-,30+/m1/s1. The number of phenolic OH excluding ortho intramolecular Hbond substituents is 2. The van der Waals surface area contributed by atoms with Gasteiger partial charge in [-0.1, -0.05) is 54.6 Å². The molecule has 0 fully saturated rings. The lowest BCUT2D eigenvalue weighted by Gasteiger charge is -2.25. The number of imidazole rings is 1. The number of carbonyl (C=O) groups excluding carboxylic acids is 4. The second-order valence-corrected chi connectivity index (χ2v) is 10.7. The van der Waals surface area contributed by atoms with Crippen LogP contribution in [0.3, 0.4) is 0 Å². The van der Waals surface area contributed by atoms with Crippen LogP contribution >= 0.6 is 0 Å². The molecule has 0 aliphatic carbocycles. The summed E-state index contributed by atoms with van der Waals surface area (Å²) in [5.74, 6) is -1.99. The molecule has 0 aliphatic rings. The fraction of sp³-hybridized carbons (Fsp3) is 0.265. The van der Waals surface area contributed by atoms with E-state index in [1.807, 2.05) is 18.2 Å². The number of benzene rings is 3. The van der Waals surface area contributed by atoms with Crippen LogP contribution in [0.1, 0.15) is 29.3 Å². The highest BCUT2D eigenvalue weighted by Crippen LogP contribution is 2.14. The number of phenols is 2. The zero-order chi connectivity index (χ0) is 33.6. The Balaban J connectivity index is 1.53. The van der Waals surface area contributed by atoms with E-state index in [9.17, 15) is 29.4 Å². The van der Waals surface area contributed by atoms with E-state index in [0.717, 1.165) is 5.56 Å². The van der Waals surface area contributed by atoms with Gasteiger partial charge in [0.25, 0.3) is 0 Å². The Morgan fingerprint density at radius 2 is 1.26 bits per heavy atom. The molecule has 0 aliphatic heterocycles. The molecule has 13 nitrogen and oxygen atoms in total. The maximum absolute atomic E-state index is 13.8. The van der Waals surface area contributed by atoms with E-state index in [1.165, 1.54) is 36.8 Å². The predicted octanol–water partition coefficient (Wildman–Crippen LogP) is 2.68. The van der Waals surface area contributed by atoms with Gasteiger partial charge in [0.2, 0.25) is 11.8 Å². The summed E-state index contributed by atoms with van der Waals surface area (Å²) in [4.78, 5) is 60.0. The van der Waals surface area contributed by atoms with Crippen LogP contribution in [-0.4, -0.2) is 68.8 Å². The summed E-state index contributed by atoms with van der Waals surface area (Å²) in [6.45, 7) is 1.70. The Labute approximate surface area is 271 Å². The number of rotatable bonds is 15. The predicted molar refractivity (Wildman–Crippen MR) is 170 cm³/mol. The van der Waals surface area contributed by atoms with Gasteiger partial charge >= 0.3 is 12.1 Å². The minimum absolute atomic E-state index is 0.00607. The van der Waals surface area contributed by atoms with E-state index in [0.29, 0.717) is 16.8 Å². The monoisotopic (exact) mass is 643 g/mol. The van der Waals surface area contributed by atoms with Crippen molar-refractivity contribution in [2.45, 2.75) is 50.9 Å². The first-order chi connectivity index (χ1) is 22.7. The quantitative estimate of drug-likeness (QED) is 0.106. The lowest BCUT2D eigenvalue weighted by Crippen LogP contribution is -2.57. The molecule has 0 saturated heterocycles. The van der Waals surface area contributed by atoms with E-state index in [1.54, 1.807) is 43.3 Å². The van der Waals surface area contributed by atoms with Crippen LogP contribution in [0.4, 0.5) is 4.79 Å². The van der Waals surface area contributed by atoms with Gasteiger partial charge in [0.15, 0.2) is 0 Å². The number of aromatic nitrogens is 2. The molecular weight excluding hydrogens is 606 g/mol. The van der Waals surface area contributed by atoms with E-state index >= 15 is 0 Å². The SMILES string of the molecule is CCOC(=O)[C@H](Cc1ccc(O)cc1)NC(=O)[C@@H](Cc1ccc(O)cc1)NC(=O)[C@@H](Cc1cnc[nH]1)NC(=O)OCc1ccccc1. The van der Waals surface area contributed by atoms with Crippen molar-refractivity contribution in [2.24, 2.45) is 0 Å². The molecule has 4 rings (SSSR count). The fourth-order valence-electron chi connectivity index (χ4n) is 4.66. The van der Waals surface area contributed by atoms with Gasteiger partial charge in [0, 0.05) is 31.2 Å². The lowest BCUT2D eigenvalue weighted by molar-refractivity contribution is -0.147. The van der Waals surface area contributed by atoms with Crippen LogP contribution < -0.4 is 16.0 Å². The second-order valence-electron chi connectivity index (χ2n) is 10.7. The van der Waals surface area contributed by atoms with Gasteiger partial charge in [-0.3, -0.25) is 9.59 Å². The van der Waals surface area contributed by atoms with Gasteiger partial charge in [-0.15, -0.1) is 0 Å². The number of hydrogen-bond donors (Lipinski definition) is 6. The van der Waals surface area contributed by atoms with Gasteiger partial charge in [-0.2, -0.15) is 0 Å². The third-order valence-electron chi connectivity index (χ3n) is 7.07. The highest BCUT2D eigenvalue weighted by atomic mass is 16.5. The molecule has 0 radical (unpaired) electrons. The first-order valence-electron chi connectivity index (χ1n) is 15.0. The molecule has 246 valence electrons. The van der Waals surface area contributed by atoms with Crippen molar-refractivity contribution in [3.63, 3.8) is 0 Å². The topological polar surface area (TPSA) is 192 Å². The van der Waals surface area contributed by atoms with Crippen molar-refractivity contribution in [1.29, 1.82) is 0 Å². The van der Waals surface area contributed by atoms with Crippen LogP contribution in [-0.2, 0) is 49.7 Å². The number of aromatic amines is 1. The normalized spacial score (nSPS) is 12.6. The van der Waals surface area contributed by atoms with Gasteiger partial charge in [-0.05, 0) is 47.9 Å². The number of esters is 1. The summed E-state index contributed by atoms with van der Waals surface area (Å²) in [5, 5.41) is 27.4. The Hall–Kier alpha value is -5.85. The number of carbonyl (C=O) groups is 4. The number of H-pyrrole nitrogens is 1. The third-order valence-corrected chi connectivity index (χ3v) is 7.07. The van der Waals surface area contributed by atoms with E-state index in [2.05, 4.69) is 25.9 Å². The third kappa shape index (κ3) is 10.9. The summed E-state index contributed by atoms with van der Waals surface area (Å²) in [7, 11) is 0. The van der Waals surface area contributed by atoms with Crippen molar-refractivity contribution < 1.29 is 38.9 Å². The molecule has 47 heavy (non-hydrogen) atoms. The van der Waals surface area contributed by atoms with Gasteiger partial charge < -0.3 is 40.6 Å². The van der Waals surface area contributed by atoms with Gasteiger partial charge in [0.1, 0.15) is 36.2 Å². The van der Waals surface area contributed by atoms with Crippen LogP contribution in [0.2, 0.25) is 0 Å². The molecule has 3 amide bonds. The van der Waals surface area contributed by atoms with Crippen molar-refractivity contribution in [1.82, 2.24) is 25.9 Å². The summed E-state index contributed by atoms with van der Waals surface area (Å²) >= 11 is 0. The molecule has 0 bridgehead atoms. The number of hydrogen-bond acceptors (Lipinski definition) is 9. The second kappa shape index (κ2) is 17.0. The summed E-state index contributed by atoms with van der Waals surface area (Å²) < 4.78 is 10.5. The molecule has 3 aromatic carbocycles. The zero-order valence-corrected chi connectivity index (χ0v) is 25.7. The molecule has 1 heterocycles.